The highest BCUT2D eigenvalue weighted by atomic mass is 35.5. The van der Waals surface area contributed by atoms with E-state index in [2.05, 4.69) is 10.3 Å². The molecule has 3 rings (SSSR count). The van der Waals surface area contributed by atoms with E-state index in [1.54, 1.807) is 24.3 Å². The lowest BCUT2D eigenvalue weighted by atomic mass is 10.2. The summed E-state index contributed by atoms with van der Waals surface area (Å²) in [5, 5.41) is 4.52. The number of hydrogen-bond donors (Lipinski definition) is 1. The number of hydrogen-bond acceptors (Lipinski definition) is 3. The molecule has 1 aromatic heterocycles. The number of fused-ring (bicyclic) bond motifs is 1. The average molecular weight is 337 g/mol. The quantitative estimate of drug-likeness (QED) is 0.701. The molecule has 0 saturated heterocycles. The summed E-state index contributed by atoms with van der Waals surface area (Å²) in [4.78, 5) is 16.6. The van der Waals surface area contributed by atoms with Crippen molar-refractivity contribution >= 4 is 55.8 Å². The van der Waals surface area contributed by atoms with E-state index >= 15 is 0 Å². The number of amides is 1. The van der Waals surface area contributed by atoms with Gasteiger partial charge in [-0.15, -0.1) is 0 Å². The summed E-state index contributed by atoms with van der Waals surface area (Å²) in [6, 6.07) is 10.5. The van der Waals surface area contributed by atoms with Gasteiger partial charge in [-0.2, -0.15) is 0 Å². The van der Waals surface area contributed by atoms with Crippen molar-refractivity contribution < 1.29 is 4.79 Å². The zero-order chi connectivity index (χ0) is 15.0. The molecule has 6 heteroatoms. The monoisotopic (exact) mass is 336 g/mol. The van der Waals surface area contributed by atoms with Crippen LogP contribution in [0.25, 0.3) is 10.2 Å². The van der Waals surface area contributed by atoms with Gasteiger partial charge in [-0.3, -0.25) is 10.1 Å². The lowest BCUT2D eigenvalue weighted by Gasteiger charge is -2.01. The molecule has 1 heterocycles. The third kappa shape index (κ3) is 2.88. The molecule has 0 bridgehead atoms. The van der Waals surface area contributed by atoms with Gasteiger partial charge >= 0.3 is 0 Å². The minimum atomic E-state index is -0.236. The number of carbonyl (C=O) groups excluding carboxylic acids is 1. The maximum Gasteiger partial charge on any atom is 0.257 e. The minimum absolute atomic E-state index is 0.236. The lowest BCUT2D eigenvalue weighted by Crippen LogP contribution is -2.11. The molecule has 0 saturated carbocycles. The summed E-state index contributed by atoms with van der Waals surface area (Å²) in [6.07, 6.45) is 0. The summed E-state index contributed by atoms with van der Waals surface area (Å²) < 4.78 is 0.985. The van der Waals surface area contributed by atoms with Gasteiger partial charge in [-0.1, -0.05) is 40.6 Å². The first-order chi connectivity index (χ1) is 10.0. The molecule has 0 atom stereocenters. The van der Waals surface area contributed by atoms with Crippen molar-refractivity contribution in [2.24, 2.45) is 0 Å². The van der Waals surface area contributed by atoms with Crippen LogP contribution in [0.4, 0.5) is 5.13 Å². The maximum atomic E-state index is 12.2. The van der Waals surface area contributed by atoms with Crippen LogP contribution < -0.4 is 5.32 Å². The van der Waals surface area contributed by atoms with E-state index < -0.39 is 0 Å². The average Bonchev–Trinajstić information content (AvgIpc) is 2.86. The fraction of sp³-hybridized carbons (Fsp3) is 0.0667. The zero-order valence-electron chi connectivity index (χ0n) is 11.0. The van der Waals surface area contributed by atoms with Gasteiger partial charge in [0.05, 0.1) is 10.2 Å². The lowest BCUT2D eigenvalue weighted by molar-refractivity contribution is 0.102. The highest BCUT2D eigenvalue weighted by Gasteiger charge is 2.12. The second-order valence-corrected chi connectivity index (χ2v) is 6.38. The van der Waals surface area contributed by atoms with Crippen LogP contribution in [-0.2, 0) is 0 Å². The smallest absolute Gasteiger partial charge is 0.257 e. The van der Waals surface area contributed by atoms with Crippen LogP contribution in [0.5, 0.6) is 0 Å². The van der Waals surface area contributed by atoms with Gasteiger partial charge in [0.2, 0.25) is 0 Å². The largest absolute Gasteiger partial charge is 0.298 e. The first kappa shape index (κ1) is 14.3. The Balaban J connectivity index is 1.91. The fourth-order valence-electron chi connectivity index (χ4n) is 1.95. The van der Waals surface area contributed by atoms with Crippen LogP contribution in [0.15, 0.2) is 36.4 Å². The van der Waals surface area contributed by atoms with Crippen molar-refractivity contribution in [3.8, 4) is 0 Å². The van der Waals surface area contributed by atoms with Crippen LogP contribution in [0, 0.1) is 6.92 Å². The predicted octanol–water partition coefficient (Wildman–Crippen LogP) is 5.16. The summed E-state index contributed by atoms with van der Waals surface area (Å²) >= 11 is 13.4. The van der Waals surface area contributed by atoms with Crippen molar-refractivity contribution in [3.05, 3.63) is 57.6 Å². The number of rotatable bonds is 2. The van der Waals surface area contributed by atoms with E-state index in [9.17, 15) is 4.79 Å². The summed E-state index contributed by atoms with van der Waals surface area (Å²) in [5.41, 5.74) is 2.22. The zero-order valence-corrected chi connectivity index (χ0v) is 13.3. The maximum absolute atomic E-state index is 12.2. The normalized spacial score (nSPS) is 10.8. The van der Waals surface area contributed by atoms with Gasteiger partial charge in [0.15, 0.2) is 5.13 Å². The highest BCUT2D eigenvalue weighted by molar-refractivity contribution is 7.22. The number of aromatic nitrogens is 1. The van der Waals surface area contributed by atoms with Crippen molar-refractivity contribution in [1.82, 2.24) is 4.98 Å². The van der Waals surface area contributed by atoms with Gasteiger partial charge in [-0.05, 0) is 42.8 Å². The van der Waals surface area contributed by atoms with Crippen LogP contribution >= 0.6 is 34.5 Å². The molecule has 0 aliphatic rings. The third-order valence-corrected chi connectivity index (χ3v) is 4.64. The second kappa shape index (κ2) is 5.64. The van der Waals surface area contributed by atoms with E-state index in [4.69, 9.17) is 23.2 Å². The van der Waals surface area contributed by atoms with Gasteiger partial charge in [0.1, 0.15) is 0 Å². The summed E-state index contributed by atoms with van der Waals surface area (Å²) in [7, 11) is 0. The van der Waals surface area contributed by atoms with Crippen LogP contribution in [-0.4, -0.2) is 10.9 Å². The van der Waals surface area contributed by atoms with Crippen LogP contribution in [0.3, 0.4) is 0 Å². The van der Waals surface area contributed by atoms with E-state index in [1.807, 2.05) is 19.1 Å². The van der Waals surface area contributed by atoms with E-state index in [-0.39, 0.29) is 5.91 Å². The molecule has 3 aromatic rings. The summed E-state index contributed by atoms with van der Waals surface area (Å²) in [5.74, 6) is -0.236. The number of benzene rings is 2. The van der Waals surface area contributed by atoms with Gasteiger partial charge < -0.3 is 0 Å². The molecule has 0 unspecified atom stereocenters. The molecule has 0 aliphatic heterocycles. The Bertz CT molecular complexity index is 845. The first-order valence-electron chi connectivity index (χ1n) is 6.17. The van der Waals surface area contributed by atoms with Crippen molar-refractivity contribution in [3.63, 3.8) is 0 Å². The Morgan fingerprint density at radius 2 is 2.05 bits per heavy atom. The van der Waals surface area contributed by atoms with Gasteiger partial charge in [0, 0.05) is 15.6 Å². The van der Waals surface area contributed by atoms with Crippen LogP contribution in [0.1, 0.15) is 15.9 Å². The molecule has 2 aromatic carbocycles. The van der Waals surface area contributed by atoms with Crippen LogP contribution in [0.2, 0.25) is 10.0 Å². The van der Waals surface area contributed by atoms with E-state index in [0.717, 1.165) is 15.8 Å². The molecule has 1 amide bonds. The molecule has 1 N–H and O–H groups in total. The molecule has 0 aliphatic carbocycles. The summed E-state index contributed by atoms with van der Waals surface area (Å²) in [6.45, 7) is 1.91. The molecule has 0 radical (unpaired) electrons. The molecular formula is C15H10Cl2N2OS. The standard InChI is InChI=1S/C15H10Cl2N2OS/c1-8-11(17)5-6-12-13(8)18-15(21-12)19-14(20)9-3-2-4-10(16)7-9/h2-7H,1H3,(H,18,19,20). The second-order valence-electron chi connectivity index (χ2n) is 4.50. The fourth-order valence-corrected chi connectivity index (χ4v) is 3.22. The van der Waals surface area contributed by atoms with Crippen molar-refractivity contribution in [1.29, 1.82) is 0 Å². The number of aryl methyl sites for hydroxylation is 1. The van der Waals surface area contributed by atoms with Crippen molar-refractivity contribution in [2.75, 3.05) is 5.32 Å². The minimum Gasteiger partial charge on any atom is -0.298 e. The van der Waals surface area contributed by atoms with Gasteiger partial charge in [-0.25, -0.2) is 4.98 Å². The Hall–Kier alpha value is -1.62. The Morgan fingerprint density at radius 1 is 1.24 bits per heavy atom. The molecule has 0 spiro atoms. The predicted molar refractivity (Wildman–Crippen MR) is 88.8 cm³/mol. The highest BCUT2D eigenvalue weighted by Crippen LogP contribution is 2.31. The number of nitrogens with zero attached hydrogens (tertiary/aromatic N) is 1. The molecular weight excluding hydrogens is 327 g/mol. The molecule has 106 valence electrons. The van der Waals surface area contributed by atoms with Crippen molar-refractivity contribution in [2.45, 2.75) is 6.92 Å². The Kier molecular flexibility index (Phi) is 3.85. The number of anilines is 1. The molecule has 0 fully saturated rings. The number of nitrogens with one attached hydrogen (secondary N) is 1. The number of carbonyl (C=O) groups is 1. The SMILES string of the molecule is Cc1c(Cl)ccc2sc(NC(=O)c3cccc(Cl)c3)nc12. The molecule has 21 heavy (non-hydrogen) atoms. The number of thiazole rings is 1. The third-order valence-electron chi connectivity index (χ3n) is 3.06. The Labute approximate surface area is 135 Å². The Morgan fingerprint density at radius 3 is 2.81 bits per heavy atom. The topological polar surface area (TPSA) is 42.0 Å². The van der Waals surface area contributed by atoms with E-state index in [1.165, 1.54) is 11.3 Å². The number of halogens is 2. The van der Waals surface area contributed by atoms with E-state index in [0.29, 0.717) is 20.7 Å². The van der Waals surface area contributed by atoms with Gasteiger partial charge in [0.25, 0.3) is 5.91 Å². The first-order valence-corrected chi connectivity index (χ1v) is 7.74. The molecule has 3 nitrogen and oxygen atoms in total.